The van der Waals surface area contributed by atoms with E-state index in [4.69, 9.17) is 4.74 Å². The first-order chi connectivity index (χ1) is 13.3. The lowest BCUT2D eigenvalue weighted by atomic mass is 10.1. The van der Waals surface area contributed by atoms with Crippen molar-refractivity contribution >= 4 is 5.91 Å². The molecule has 1 aliphatic carbocycles. The van der Waals surface area contributed by atoms with E-state index in [1.54, 1.807) is 23.0 Å². The number of amides is 1. The summed E-state index contributed by atoms with van der Waals surface area (Å²) in [5.41, 5.74) is 1.79. The summed E-state index contributed by atoms with van der Waals surface area (Å²) in [6, 6.07) is 5.76. The van der Waals surface area contributed by atoms with Gasteiger partial charge in [-0.3, -0.25) is 9.48 Å². The summed E-state index contributed by atoms with van der Waals surface area (Å²) >= 11 is 0. The molecule has 1 amide bonds. The van der Waals surface area contributed by atoms with Gasteiger partial charge in [-0.15, -0.1) is 13.2 Å². The van der Waals surface area contributed by atoms with Crippen LogP contribution in [0, 0.1) is 5.92 Å². The molecule has 6 nitrogen and oxygen atoms in total. The Balaban J connectivity index is 1.36. The van der Waals surface area contributed by atoms with Gasteiger partial charge in [-0.1, -0.05) is 12.1 Å². The Bertz CT molecular complexity index is 850. The van der Waals surface area contributed by atoms with E-state index in [0.717, 1.165) is 11.1 Å². The number of hydrogen-bond donors (Lipinski definition) is 0. The minimum absolute atomic E-state index is 0.0344. The third-order valence-corrected chi connectivity index (χ3v) is 5.12. The van der Waals surface area contributed by atoms with Crippen LogP contribution >= 0.6 is 0 Å². The molecule has 150 valence electrons. The second kappa shape index (κ2) is 7.12. The van der Waals surface area contributed by atoms with Gasteiger partial charge < -0.3 is 14.4 Å². The van der Waals surface area contributed by atoms with E-state index in [2.05, 4.69) is 9.84 Å². The molecule has 28 heavy (non-hydrogen) atoms. The smallest absolute Gasteiger partial charge is 0.406 e. The van der Waals surface area contributed by atoms with Crippen molar-refractivity contribution in [2.45, 2.75) is 24.8 Å². The fourth-order valence-electron chi connectivity index (χ4n) is 3.65. The highest BCUT2D eigenvalue weighted by atomic mass is 19.4. The minimum Gasteiger partial charge on any atom is -0.406 e. The number of aryl methyl sites for hydroxylation is 1. The molecule has 1 aromatic heterocycles. The number of rotatable bonds is 4. The van der Waals surface area contributed by atoms with Crippen molar-refractivity contribution in [1.29, 1.82) is 0 Å². The Labute approximate surface area is 159 Å². The number of ether oxygens (including phenoxy) is 2. The number of aromatic nitrogens is 2. The standard InChI is InChI=1S/C19H20F3N3O3/c1-24-10-13(9-23-24)17-11-25(6-7-27-17)18(26)16-8-15(16)12-2-4-14(5-3-12)28-19(20,21)22/h2-5,9-10,15-17H,6-8,11H2,1H3/t15-,16-,17+/m1/s1. The number of alkyl halides is 3. The zero-order valence-corrected chi connectivity index (χ0v) is 15.2. The summed E-state index contributed by atoms with van der Waals surface area (Å²) in [5.74, 6) is -0.292. The Kier molecular flexibility index (Phi) is 4.78. The van der Waals surface area contributed by atoms with Gasteiger partial charge in [0.15, 0.2) is 0 Å². The molecule has 1 aromatic carbocycles. The topological polar surface area (TPSA) is 56.6 Å². The molecule has 0 radical (unpaired) electrons. The molecule has 2 heterocycles. The third kappa shape index (κ3) is 4.14. The summed E-state index contributed by atoms with van der Waals surface area (Å²) in [6.45, 7) is 1.48. The number of carbonyl (C=O) groups excluding carboxylic acids is 1. The fraction of sp³-hybridized carbons (Fsp3) is 0.474. The first-order valence-electron chi connectivity index (χ1n) is 9.05. The van der Waals surface area contributed by atoms with E-state index >= 15 is 0 Å². The molecular formula is C19H20F3N3O3. The van der Waals surface area contributed by atoms with Crippen LogP contribution in [0.25, 0.3) is 0 Å². The summed E-state index contributed by atoms with van der Waals surface area (Å²) in [4.78, 5) is 14.7. The molecule has 2 aromatic rings. The third-order valence-electron chi connectivity index (χ3n) is 5.12. The molecule has 0 spiro atoms. The average Bonchev–Trinajstić information content (AvgIpc) is 3.33. The predicted molar refractivity (Wildman–Crippen MR) is 92.5 cm³/mol. The SMILES string of the molecule is Cn1cc([C@@H]2CN(C(=O)[C@@H]3C[C@@H]3c3ccc(OC(F)(F)F)cc3)CCO2)cn1. The molecule has 1 saturated carbocycles. The van der Waals surface area contributed by atoms with Crippen LogP contribution in [-0.2, 0) is 16.6 Å². The minimum atomic E-state index is -4.71. The Hall–Kier alpha value is -2.55. The number of benzene rings is 1. The molecule has 3 atom stereocenters. The van der Waals surface area contributed by atoms with E-state index in [1.165, 1.54) is 12.1 Å². The van der Waals surface area contributed by atoms with Crippen LogP contribution in [0.2, 0.25) is 0 Å². The summed E-state index contributed by atoms with van der Waals surface area (Å²) in [7, 11) is 1.83. The van der Waals surface area contributed by atoms with Gasteiger partial charge in [0.2, 0.25) is 5.91 Å². The summed E-state index contributed by atoms with van der Waals surface area (Å²) < 4.78 is 48.1. The molecular weight excluding hydrogens is 375 g/mol. The van der Waals surface area contributed by atoms with Crippen LogP contribution in [0.15, 0.2) is 36.7 Å². The number of halogens is 3. The maximum atomic E-state index is 12.9. The highest BCUT2D eigenvalue weighted by molar-refractivity contribution is 5.83. The molecule has 0 bridgehead atoms. The summed E-state index contributed by atoms with van der Waals surface area (Å²) in [6.07, 6.45) is -0.581. The van der Waals surface area contributed by atoms with Crippen molar-refractivity contribution < 1.29 is 27.4 Å². The van der Waals surface area contributed by atoms with Crippen molar-refractivity contribution in [3.63, 3.8) is 0 Å². The van der Waals surface area contributed by atoms with Crippen LogP contribution in [-0.4, -0.2) is 46.6 Å². The Morgan fingerprint density at radius 1 is 1.25 bits per heavy atom. The van der Waals surface area contributed by atoms with Crippen LogP contribution in [0.1, 0.15) is 29.6 Å². The van der Waals surface area contributed by atoms with Crippen molar-refractivity contribution in [1.82, 2.24) is 14.7 Å². The van der Waals surface area contributed by atoms with Crippen molar-refractivity contribution in [2.75, 3.05) is 19.7 Å². The monoisotopic (exact) mass is 395 g/mol. The Morgan fingerprint density at radius 3 is 2.64 bits per heavy atom. The molecule has 2 aliphatic rings. The first-order valence-corrected chi connectivity index (χ1v) is 9.05. The highest BCUT2D eigenvalue weighted by Crippen LogP contribution is 2.49. The lowest BCUT2D eigenvalue weighted by Crippen LogP contribution is -2.43. The van der Waals surface area contributed by atoms with E-state index in [1.807, 2.05) is 18.1 Å². The maximum absolute atomic E-state index is 12.9. The summed E-state index contributed by atoms with van der Waals surface area (Å²) in [5, 5.41) is 4.14. The van der Waals surface area contributed by atoms with Crippen molar-refractivity contribution in [3.8, 4) is 5.75 Å². The van der Waals surface area contributed by atoms with Gasteiger partial charge >= 0.3 is 6.36 Å². The molecule has 0 unspecified atom stereocenters. The van der Waals surface area contributed by atoms with Gasteiger partial charge in [-0.2, -0.15) is 5.10 Å². The quantitative estimate of drug-likeness (QED) is 0.799. The van der Waals surface area contributed by atoms with Crippen molar-refractivity contribution in [2.24, 2.45) is 13.0 Å². The van der Waals surface area contributed by atoms with E-state index in [9.17, 15) is 18.0 Å². The lowest BCUT2D eigenvalue weighted by Gasteiger charge is -2.32. The van der Waals surface area contributed by atoms with Crippen LogP contribution in [0.4, 0.5) is 13.2 Å². The van der Waals surface area contributed by atoms with Crippen molar-refractivity contribution in [3.05, 3.63) is 47.8 Å². The number of morpholine rings is 1. The molecule has 2 fully saturated rings. The largest absolute Gasteiger partial charge is 0.573 e. The second-order valence-corrected chi connectivity index (χ2v) is 7.16. The zero-order valence-electron chi connectivity index (χ0n) is 15.2. The molecule has 1 saturated heterocycles. The van der Waals surface area contributed by atoms with Crippen LogP contribution in [0.5, 0.6) is 5.75 Å². The maximum Gasteiger partial charge on any atom is 0.573 e. The van der Waals surface area contributed by atoms with E-state index < -0.39 is 6.36 Å². The van der Waals surface area contributed by atoms with Crippen LogP contribution < -0.4 is 4.74 Å². The second-order valence-electron chi connectivity index (χ2n) is 7.16. The highest BCUT2D eigenvalue weighted by Gasteiger charge is 2.46. The van der Waals surface area contributed by atoms with Gasteiger partial charge in [-0.05, 0) is 30.0 Å². The predicted octanol–water partition coefficient (Wildman–Crippen LogP) is 3.02. The number of hydrogen-bond acceptors (Lipinski definition) is 4. The van der Waals surface area contributed by atoms with Gasteiger partial charge in [0.1, 0.15) is 11.9 Å². The van der Waals surface area contributed by atoms with Gasteiger partial charge in [-0.25, -0.2) is 0 Å². The van der Waals surface area contributed by atoms with Gasteiger partial charge in [0, 0.05) is 31.3 Å². The van der Waals surface area contributed by atoms with Gasteiger partial charge in [0.05, 0.1) is 19.3 Å². The Morgan fingerprint density at radius 2 is 2.00 bits per heavy atom. The number of carbonyl (C=O) groups is 1. The fourth-order valence-corrected chi connectivity index (χ4v) is 3.65. The molecule has 9 heteroatoms. The first kappa shape index (κ1) is 18.8. The van der Waals surface area contributed by atoms with E-state index in [-0.39, 0.29) is 29.6 Å². The number of nitrogens with zero attached hydrogens (tertiary/aromatic N) is 3. The van der Waals surface area contributed by atoms with E-state index in [0.29, 0.717) is 26.1 Å². The average molecular weight is 395 g/mol. The zero-order chi connectivity index (χ0) is 19.9. The van der Waals surface area contributed by atoms with Gasteiger partial charge in [0.25, 0.3) is 0 Å². The molecule has 4 rings (SSSR count). The lowest BCUT2D eigenvalue weighted by molar-refractivity contribution is -0.274. The normalized spacial score (nSPS) is 24.9. The van der Waals surface area contributed by atoms with Crippen LogP contribution in [0.3, 0.4) is 0 Å². The molecule has 0 N–H and O–H groups in total. The molecule has 1 aliphatic heterocycles.